The lowest BCUT2D eigenvalue weighted by atomic mass is 10.1. The average molecular weight is 411 g/mol. The number of carbonyl (C=O) groups excluding carboxylic acids is 2. The first-order valence-corrected chi connectivity index (χ1v) is 9.49. The van der Waals surface area contributed by atoms with Gasteiger partial charge in [0.15, 0.2) is 17.6 Å². The molecule has 0 saturated heterocycles. The van der Waals surface area contributed by atoms with Crippen LogP contribution in [0.3, 0.4) is 0 Å². The second-order valence-electron chi connectivity index (χ2n) is 6.47. The van der Waals surface area contributed by atoms with E-state index in [1.165, 1.54) is 19.6 Å². The van der Waals surface area contributed by atoms with Gasteiger partial charge in [-0.15, -0.1) is 11.3 Å². The smallest absolute Gasteiger partial charge is 0.351 e. The minimum absolute atomic E-state index is 0.221. The number of rotatable bonds is 4. The molecule has 0 bridgehead atoms. The van der Waals surface area contributed by atoms with Gasteiger partial charge >= 0.3 is 5.97 Å². The number of aromatic nitrogens is 5. The van der Waals surface area contributed by atoms with Crippen molar-refractivity contribution in [3.05, 3.63) is 34.9 Å². The number of carbonyl (C=O) groups is 2. The lowest BCUT2D eigenvalue weighted by molar-refractivity contribution is -0.123. The molecule has 29 heavy (non-hydrogen) atoms. The summed E-state index contributed by atoms with van der Waals surface area (Å²) in [5.74, 6) is -0.977. The Balaban J connectivity index is 1.53. The highest BCUT2D eigenvalue weighted by molar-refractivity contribution is 7.21. The molecule has 148 valence electrons. The van der Waals surface area contributed by atoms with E-state index >= 15 is 0 Å². The van der Waals surface area contributed by atoms with E-state index in [1.807, 2.05) is 19.9 Å². The van der Waals surface area contributed by atoms with Crippen molar-refractivity contribution in [2.75, 3.05) is 11.1 Å². The van der Waals surface area contributed by atoms with Crippen LogP contribution in [0, 0.1) is 13.8 Å². The highest BCUT2D eigenvalue weighted by Crippen LogP contribution is 2.35. The number of nitrogen functional groups attached to an aromatic ring is 1. The van der Waals surface area contributed by atoms with Gasteiger partial charge in [-0.05, 0) is 32.4 Å². The number of aromatic amines is 1. The molecule has 4 N–H and O–H groups in total. The van der Waals surface area contributed by atoms with Gasteiger partial charge in [-0.1, -0.05) is 0 Å². The van der Waals surface area contributed by atoms with Gasteiger partial charge < -0.3 is 20.8 Å². The molecule has 0 aliphatic heterocycles. The van der Waals surface area contributed by atoms with E-state index in [9.17, 15) is 9.59 Å². The lowest BCUT2D eigenvalue weighted by Gasteiger charge is -2.13. The minimum Gasteiger partial charge on any atom is -0.448 e. The molecule has 0 radical (unpaired) electrons. The number of amides is 1. The number of pyridine rings is 1. The fourth-order valence-electron chi connectivity index (χ4n) is 2.97. The van der Waals surface area contributed by atoms with Gasteiger partial charge in [-0.3, -0.25) is 4.79 Å². The Bertz CT molecular complexity index is 1260. The minimum atomic E-state index is -1.07. The predicted octanol–water partition coefficient (Wildman–Crippen LogP) is 2.35. The third-order valence-electron chi connectivity index (χ3n) is 4.33. The SMILES string of the molecule is Cc1cc(C)c2c(N)c(C(=O)O[C@@H](C)C(=O)Nc3ncnc4nc[nH]c34)sc2n1. The van der Waals surface area contributed by atoms with Crippen molar-refractivity contribution in [3.63, 3.8) is 0 Å². The van der Waals surface area contributed by atoms with Crippen LogP contribution in [0.15, 0.2) is 18.7 Å². The van der Waals surface area contributed by atoms with Crippen LogP contribution in [0.1, 0.15) is 27.9 Å². The molecule has 1 amide bonds. The van der Waals surface area contributed by atoms with Gasteiger partial charge in [-0.25, -0.2) is 24.7 Å². The molecule has 0 aliphatic carbocycles. The van der Waals surface area contributed by atoms with Crippen LogP contribution in [-0.4, -0.2) is 42.9 Å². The molecule has 0 spiro atoms. The summed E-state index contributed by atoms with van der Waals surface area (Å²) in [5, 5.41) is 3.34. The number of nitrogens with zero attached hydrogens (tertiary/aromatic N) is 4. The maximum absolute atomic E-state index is 12.6. The molecule has 11 heteroatoms. The van der Waals surface area contributed by atoms with Crippen molar-refractivity contribution in [1.82, 2.24) is 24.9 Å². The first-order valence-electron chi connectivity index (χ1n) is 8.67. The van der Waals surface area contributed by atoms with Crippen molar-refractivity contribution in [2.24, 2.45) is 0 Å². The summed E-state index contributed by atoms with van der Waals surface area (Å²) < 4.78 is 5.33. The number of ether oxygens (including phenoxy) is 1. The number of nitrogens with one attached hydrogen (secondary N) is 2. The van der Waals surface area contributed by atoms with Crippen molar-refractivity contribution >= 4 is 56.1 Å². The number of esters is 1. The Hall–Kier alpha value is -3.60. The first-order chi connectivity index (χ1) is 13.8. The quantitative estimate of drug-likeness (QED) is 0.433. The summed E-state index contributed by atoms with van der Waals surface area (Å²) >= 11 is 1.14. The summed E-state index contributed by atoms with van der Waals surface area (Å²) in [7, 11) is 0. The second kappa shape index (κ2) is 7.09. The standard InChI is InChI=1S/C18H17N7O3S/c1-7-4-8(2)24-17-10(7)11(19)13(29-17)18(27)28-9(3)16(26)25-15-12-14(21-5-20-12)22-6-23-15/h4-6,9H,19H2,1-3H3,(H2,20,21,22,23,25,26)/t9-/m0/s1. The molecule has 0 unspecified atom stereocenters. The zero-order valence-electron chi connectivity index (χ0n) is 15.8. The van der Waals surface area contributed by atoms with Gasteiger partial charge in [0.2, 0.25) is 0 Å². The maximum Gasteiger partial charge on any atom is 0.351 e. The largest absolute Gasteiger partial charge is 0.448 e. The van der Waals surface area contributed by atoms with Crippen molar-refractivity contribution in [3.8, 4) is 0 Å². The Labute approximate surface area is 168 Å². The van der Waals surface area contributed by atoms with Gasteiger partial charge in [0.1, 0.15) is 21.6 Å². The second-order valence-corrected chi connectivity index (χ2v) is 7.46. The van der Waals surface area contributed by atoms with E-state index in [4.69, 9.17) is 10.5 Å². The van der Waals surface area contributed by atoms with Crippen LogP contribution < -0.4 is 11.1 Å². The molecular weight excluding hydrogens is 394 g/mol. The molecule has 0 fully saturated rings. The Morgan fingerprint density at radius 2 is 2.07 bits per heavy atom. The van der Waals surface area contributed by atoms with Crippen molar-refractivity contribution in [2.45, 2.75) is 26.9 Å². The topological polar surface area (TPSA) is 149 Å². The molecule has 0 saturated carbocycles. The predicted molar refractivity (Wildman–Crippen MR) is 109 cm³/mol. The van der Waals surface area contributed by atoms with Gasteiger partial charge in [0.05, 0.1) is 12.0 Å². The van der Waals surface area contributed by atoms with E-state index in [1.54, 1.807) is 0 Å². The zero-order chi connectivity index (χ0) is 20.7. The molecule has 0 aromatic carbocycles. The van der Waals surface area contributed by atoms with Crippen LogP contribution >= 0.6 is 11.3 Å². The fourth-order valence-corrected chi connectivity index (χ4v) is 4.07. The zero-order valence-corrected chi connectivity index (χ0v) is 16.6. The van der Waals surface area contributed by atoms with E-state index in [0.29, 0.717) is 21.7 Å². The molecule has 10 nitrogen and oxygen atoms in total. The molecule has 4 heterocycles. The van der Waals surface area contributed by atoms with Crippen LogP contribution in [0.5, 0.6) is 0 Å². The summed E-state index contributed by atoms with van der Waals surface area (Å²) in [6.45, 7) is 5.25. The monoisotopic (exact) mass is 411 g/mol. The summed E-state index contributed by atoms with van der Waals surface area (Å²) in [6.07, 6.45) is 1.65. The Morgan fingerprint density at radius 1 is 1.28 bits per heavy atom. The molecule has 4 aromatic rings. The number of aryl methyl sites for hydroxylation is 2. The third-order valence-corrected chi connectivity index (χ3v) is 5.41. The third kappa shape index (κ3) is 3.36. The highest BCUT2D eigenvalue weighted by atomic mass is 32.1. The van der Waals surface area contributed by atoms with E-state index in [2.05, 4.69) is 30.2 Å². The number of imidazole rings is 1. The van der Waals surface area contributed by atoms with Gasteiger partial charge in [0.25, 0.3) is 5.91 Å². The number of fused-ring (bicyclic) bond motifs is 2. The van der Waals surface area contributed by atoms with E-state index < -0.39 is 18.0 Å². The molecular formula is C18H17N7O3S. The lowest BCUT2D eigenvalue weighted by Crippen LogP contribution is -2.30. The average Bonchev–Trinajstić information content (AvgIpc) is 3.26. The first kappa shape index (κ1) is 18.7. The number of thiophene rings is 1. The van der Waals surface area contributed by atoms with E-state index in [0.717, 1.165) is 28.0 Å². The molecule has 4 rings (SSSR count). The van der Waals surface area contributed by atoms with Gasteiger partial charge in [0, 0.05) is 11.1 Å². The van der Waals surface area contributed by atoms with Crippen LogP contribution in [0.2, 0.25) is 0 Å². The maximum atomic E-state index is 12.6. The Kier molecular flexibility index (Phi) is 4.59. The number of H-pyrrole nitrogens is 1. The van der Waals surface area contributed by atoms with Crippen molar-refractivity contribution < 1.29 is 14.3 Å². The highest BCUT2D eigenvalue weighted by Gasteiger charge is 2.25. The molecule has 4 aromatic heterocycles. The number of hydrogen-bond donors (Lipinski definition) is 3. The molecule has 0 aliphatic rings. The van der Waals surface area contributed by atoms with Crippen LogP contribution in [-0.2, 0) is 9.53 Å². The number of nitrogens with two attached hydrogens (primary N) is 1. The van der Waals surface area contributed by atoms with Crippen LogP contribution in [0.25, 0.3) is 21.4 Å². The van der Waals surface area contributed by atoms with Crippen molar-refractivity contribution in [1.29, 1.82) is 0 Å². The fraction of sp³-hybridized carbons (Fsp3) is 0.222. The normalized spacial score (nSPS) is 12.2. The van der Waals surface area contributed by atoms with E-state index in [-0.39, 0.29) is 10.7 Å². The molecule has 1 atom stereocenters. The number of anilines is 2. The summed E-state index contributed by atoms with van der Waals surface area (Å²) in [6, 6.07) is 1.90. The Morgan fingerprint density at radius 3 is 2.86 bits per heavy atom. The van der Waals surface area contributed by atoms with Gasteiger partial charge in [-0.2, -0.15) is 0 Å². The van der Waals surface area contributed by atoms with Crippen LogP contribution in [0.4, 0.5) is 11.5 Å². The summed E-state index contributed by atoms with van der Waals surface area (Å²) in [4.78, 5) is 45.3. The summed E-state index contributed by atoms with van der Waals surface area (Å²) in [5.41, 5.74) is 9.12. The number of hydrogen-bond acceptors (Lipinski definition) is 9.